The molecule has 2 nitrogen and oxygen atoms in total. The van der Waals surface area contributed by atoms with Crippen molar-refractivity contribution in [3.05, 3.63) is 65.7 Å². The van der Waals surface area contributed by atoms with E-state index < -0.39 is 0 Å². The maximum absolute atomic E-state index is 12.7. The van der Waals surface area contributed by atoms with E-state index in [4.69, 9.17) is 0 Å². The van der Waals surface area contributed by atoms with Crippen LogP contribution in [0.1, 0.15) is 56.6 Å². The van der Waals surface area contributed by atoms with E-state index in [1.807, 2.05) is 48.5 Å². The molecule has 0 spiro atoms. The number of anilines is 1. The van der Waals surface area contributed by atoms with E-state index >= 15 is 0 Å². The number of rotatable bonds is 6. The van der Waals surface area contributed by atoms with Gasteiger partial charge in [0.25, 0.3) is 0 Å². The van der Waals surface area contributed by atoms with Crippen LogP contribution in [0.5, 0.6) is 0 Å². The largest absolute Gasteiger partial charge is 0.325 e. The van der Waals surface area contributed by atoms with Crippen LogP contribution in [0, 0.1) is 0 Å². The fraction of sp³-hybridized carbons (Fsp3) is 0.350. The summed E-state index contributed by atoms with van der Waals surface area (Å²) in [6, 6.07) is 18.1. The number of carbonyl (C=O) groups is 1. The van der Waals surface area contributed by atoms with Crippen LogP contribution in [-0.4, -0.2) is 5.91 Å². The highest BCUT2D eigenvalue weighted by molar-refractivity contribution is 5.96. The first-order valence-corrected chi connectivity index (χ1v) is 8.12. The molecule has 1 amide bonds. The molecule has 116 valence electrons. The van der Waals surface area contributed by atoms with E-state index in [1.54, 1.807) is 0 Å². The van der Waals surface area contributed by atoms with Gasteiger partial charge in [-0.15, -0.1) is 0 Å². The minimum absolute atomic E-state index is 0.0736. The molecule has 0 radical (unpaired) electrons. The maximum Gasteiger partial charge on any atom is 0.231 e. The Morgan fingerprint density at radius 2 is 1.59 bits per heavy atom. The van der Waals surface area contributed by atoms with Crippen LogP contribution in [0.25, 0.3) is 0 Å². The van der Waals surface area contributed by atoms with Gasteiger partial charge in [0, 0.05) is 5.69 Å². The Morgan fingerprint density at radius 1 is 0.955 bits per heavy atom. The Morgan fingerprint density at radius 3 is 2.23 bits per heavy atom. The first-order chi connectivity index (χ1) is 10.7. The van der Waals surface area contributed by atoms with Crippen molar-refractivity contribution in [1.29, 1.82) is 0 Å². The summed E-state index contributed by atoms with van der Waals surface area (Å²) in [7, 11) is 0. The van der Waals surface area contributed by atoms with Gasteiger partial charge in [0.2, 0.25) is 5.91 Å². The van der Waals surface area contributed by atoms with E-state index in [0.717, 1.165) is 24.1 Å². The Balaban J connectivity index is 2.21. The fourth-order valence-corrected chi connectivity index (χ4v) is 2.74. The SMILES string of the molecule is CC[C@@H](C)c1ccccc1NC(=O)[C@H](CC)c1ccccc1. The second-order valence-corrected chi connectivity index (χ2v) is 5.76. The first-order valence-electron chi connectivity index (χ1n) is 8.12. The van der Waals surface area contributed by atoms with Gasteiger partial charge in [-0.25, -0.2) is 0 Å². The molecule has 0 aromatic heterocycles. The smallest absolute Gasteiger partial charge is 0.231 e. The van der Waals surface area contributed by atoms with Crippen molar-refractivity contribution >= 4 is 11.6 Å². The number of carbonyl (C=O) groups excluding carboxylic acids is 1. The standard InChI is InChI=1S/C20H25NO/c1-4-15(3)18-13-9-10-14-19(18)21-20(22)17(5-2)16-11-7-6-8-12-16/h6-15,17H,4-5H2,1-3H3,(H,21,22)/t15-,17-/m1/s1. The van der Waals surface area contributed by atoms with Crippen LogP contribution >= 0.6 is 0 Å². The first kappa shape index (κ1) is 16.3. The van der Waals surface area contributed by atoms with Gasteiger partial charge >= 0.3 is 0 Å². The lowest BCUT2D eigenvalue weighted by Crippen LogP contribution is -2.21. The van der Waals surface area contributed by atoms with Crippen molar-refractivity contribution in [2.75, 3.05) is 5.32 Å². The van der Waals surface area contributed by atoms with Crippen molar-refractivity contribution in [2.45, 2.75) is 45.4 Å². The predicted octanol–water partition coefficient (Wildman–Crippen LogP) is 5.33. The minimum atomic E-state index is -0.105. The molecule has 0 bridgehead atoms. The zero-order chi connectivity index (χ0) is 15.9. The van der Waals surface area contributed by atoms with Gasteiger partial charge in [-0.3, -0.25) is 4.79 Å². The summed E-state index contributed by atoms with van der Waals surface area (Å²) in [4.78, 5) is 12.7. The number of amides is 1. The summed E-state index contributed by atoms with van der Waals surface area (Å²) in [6.07, 6.45) is 1.85. The molecule has 0 heterocycles. The van der Waals surface area contributed by atoms with Gasteiger partial charge in [0.1, 0.15) is 0 Å². The van der Waals surface area contributed by atoms with Gasteiger partial charge in [-0.05, 0) is 36.0 Å². The zero-order valence-electron chi connectivity index (χ0n) is 13.7. The quantitative estimate of drug-likeness (QED) is 0.766. The van der Waals surface area contributed by atoms with Gasteiger partial charge in [0.05, 0.1) is 5.92 Å². The number of hydrogen-bond acceptors (Lipinski definition) is 1. The number of benzene rings is 2. The van der Waals surface area contributed by atoms with E-state index in [1.165, 1.54) is 5.56 Å². The Hall–Kier alpha value is -2.09. The molecule has 0 aliphatic heterocycles. The Bertz CT molecular complexity index is 606. The third-order valence-electron chi connectivity index (χ3n) is 4.29. The summed E-state index contributed by atoms with van der Waals surface area (Å²) in [6.45, 7) is 6.42. The van der Waals surface area contributed by atoms with Gasteiger partial charge in [-0.1, -0.05) is 69.3 Å². The summed E-state index contributed by atoms with van der Waals surface area (Å²) < 4.78 is 0. The van der Waals surface area contributed by atoms with Crippen LogP contribution in [0.15, 0.2) is 54.6 Å². The molecule has 2 aromatic carbocycles. The molecule has 2 atom stereocenters. The second kappa shape index (κ2) is 7.79. The monoisotopic (exact) mass is 295 g/mol. The van der Waals surface area contributed by atoms with Crippen LogP contribution in [0.2, 0.25) is 0 Å². The lowest BCUT2D eigenvalue weighted by molar-refractivity contribution is -0.117. The Kier molecular flexibility index (Phi) is 5.76. The number of hydrogen-bond donors (Lipinski definition) is 1. The third-order valence-corrected chi connectivity index (χ3v) is 4.29. The Labute approximate surface area is 133 Å². The summed E-state index contributed by atoms with van der Waals surface area (Å²) in [5.74, 6) is 0.406. The summed E-state index contributed by atoms with van der Waals surface area (Å²) in [5, 5.41) is 3.14. The second-order valence-electron chi connectivity index (χ2n) is 5.76. The molecule has 0 unspecified atom stereocenters. The molecule has 2 rings (SSSR count). The fourth-order valence-electron chi connectivity index (χ4n) is 2.74. The molecule has 0 saturated carbocycles. The third kappa shape index (κ3) is 3.76. The summed E-state index contributed by atoms with van der Waals surface area (Å²) in [5.41, 5.74) is 3.22. The molecule has 0 saturated heterocycles. The van der Waals surface area contributed by atoms with E-state index in [-0.39, 0.29) is 11.8 Å². The van der Waals surface area contributed by atoms with Gasteiger partial charge < -0.3 is 5.32 Å². The van der Waals surface area contributed by atoms with Crippen LogP contribution in [-0.2, 0) is 4.79 Å². The number of nitrogens with one attached hydrogen (secondary N) is 1. The van der Waals surface area contributed by atoms with E-state index in [9.17, 15) is 4.79 Å². The van der Waals surface area contributed by atoms with Crippen molar-refractivity contribution < 1.29 is 4.79 Å². The van der Waals surface area contributed by atoms with Crippen LogP contribution in [0.4, 0.5) is 5.69 Å². The molecule has 2 heteroatoms. The molecular formula is C20H25NO. The predicted molar refractivity (Wildman–Crippen MR) is 93.3 cm³/mol. The average Bonchev–Trinajstić information content (AvgIpc) is 2.56. The molecule has 0 fully saturated rings. The van der Waals surface area contributed by atoms with E-state index in [0.29, 0.717) is 5.92 Å². The van der Waals surface area contributed by atoms with Crippen LogP contribution in [0.3, 0.4) is 0 Å². The highest BCUT2D eigenvalue weighted by atomic mass is 16.1. The van der Waals surface area contributed by atoms with Crippen LogP contribution < -0.4 is 5.32 Å². The molecule has 2 aromatic rings. The molecule has 0 aliphatic carbocycles. The zero-order valence-corrected chi connectivity index (χ0v) is 13.7. The lowest BCUT2D eigenvalue weighted by Gasteiger charge is -2.19. The average molecular weight is 295 g/mol. The normalized spacial score (nSPS) is 13.4. The van der Waals surface area contributed by atoms with E-state index in [2.05, 4.69) is 32.2 Å². The molecule has 0 aliphatic rings. The van der Waals surface area contributed by atoms with Crippen molar-refractivity contribution in [3.8, 4) is 0 Å². The molecule has 22 heavy (non-hydrogen) atoms. The topological polar surface area (TPSA) is 29.1 Å². The summed E-state index contributed by atoms with van der Waals surface area (Å²) >= 11 is 0. The van der Waals surface area contributed by atoms with Crippen molar-refractivity contribution in [3.63, 3.8) is 0 Å². The highest BCUT2D eigenvalue weighted by Gasteiger charge is 2.20. The highest BCUT2D eigenvalue weighted by Crippen LogP contribution is 2.28. The minimum Gasteiger partial charge on any atom is -0.325 e. The number of para-hydroxylation sites is 1. The van der Waals surface area contributed by atoms with Crippen molar-refractivity contribution in [1.82, 2.24) is 0 Å². The van der Waals surface area contributed by atoms with Gasteiger partial charge in [0.15, 0.2) is 0 Å². The lowest BCUT2D eigenvalue weighted by atomic mass is 9.94. The van der Waals surface area contributed by atoms with Crippen molar-refractivity contribution in [2.24, 2.45) is 0 Å². The molecule has 1 N–H and O–H groups in total. The molecular weight excluding hydrogens is 270 g/mol. The van der Waals surface area contributed by atoms with Gasteiger partial charge in [-0.2, -0.15) is 0 Å². The maximum atomic E-state index is 12.7.